The molecule has 0 spiro atoms. The van der Waals surface area contributed by atoms with Crippen LogP contribution in [0.3, 0.4) is 0 Å². The van der Waals surface area contributed by atoms with E-state index in [0.717, 1.165) is 11.1 Å². The molecule has 2 aromatic heterocycles. The molecule has 6 nitrogen and oxygen atoms in total. The third kappa shape index (κ3) is 4.98. The number of esters is 1. The Balaban J connectivity index is 1.49. The van der Waals surface area contributed by atoms with Gasteiger partial charge in [-0.2, -0.15) is 0 Å². The topological polar surface area (TPSA) is 81.4 Å². The van der Waals surface area contributed by atoms with Crippen LogP contribution in [0.15, 0.2) is 59.3 Å². The lowest BCUT2D eigenvalue weighted by atomic mass is 10.1. The molecule has 0 atom stereocenters. The summed E-state index contributed by atoms with van der Waals surface area (Å²) in [5.41, 5.74) is 2.09. The van der Waals surface area contributed by atoms with Crippen molar-refractivity contribution in [1.29, 1.82) is 0 Å². The van der Waals surface area contributed by atoms with Gasteiger partial charge in [0.25, 0.3) is 5.91 Å². The van der Waals surface area contributed by atoms with Gasteiger partial charge in [-0.15, -0.1) is 0 Å². The summed E-state index contributed by atoms with van der Waals surface area (Å²) in [4.78, 5) is 28.1. The van der Waals surface area contributed by atoms with Crippen LogP contribution in [-0.2, 0) is 22.5 Å². The Morgan fingerprint density at radius 3 is 2.68 bits per heavy atom. The lowest BCUT2D eigenvalue weighted by Gasteiger charge is -2.08. The number of ether oxygens (including phenoxy) is 1. The first-order valence-corrected chi connectivity index (χ1v) is 9.16. The van der Waals surface area contributed by atoms with Gasteiger partial charge in [0, 0.05) is 23.0 Å². The number of hydrogen-bond acceptors (Lipinski definition) is 5. The molecule has 0 unspecified atom stereocenters. The monoisotopic (exact) mass is 398 g/mol. The molecule has 0 aliphatic carbocycles. The number of halogens is 1. The van der Waals surface area contributed by atoms with E-state index in [4.69, 9.17) is 20.8 Å². The number of pyridine rings is 1. The molecule has 2 heterocycles. The van der Waals surface area contributed by atoms with Crippen LogP contribution in [-0.4, -0.2) is 23.5 Å². The van der Waals surface area contributed by atoms with Crippen molar-refractivity contribution in [3.63, 3.8) is 0 Å². The van der Waals surface area contributed by atoms with Crippen molar-refractivity contribution in [2.75, 3.05) is 6.61 Å². The molecular formula is C21H19ClN2O4. The van der Waals surface area contributed by atoms with Crippen LogP contribution < -0.4 is 5.32 Å². The Morgan fingerprint density at radius 1 is 1.14 bits per heavy atom. The maximum atomic E-state index is 12.1. The van der Waals surface area contributed by atoms with E-state index in [1.54, 1.807) is 30.5 Å². The number of aromatic nitrogens is 1. The minimum atomic E-state index is -0.544. The van der Waals surface area contributed by atoms with Crippen molar-refractivity contribution in [3.05, 3.63) is 76.8 Å². The molecule has 1 aromatic carbocycles. The number of rotatable bonds is 7. The van der Waals surface area contributed by atoms with Crippen molar-refractivity contribution in [2.24, 2.45) is 0 Å². The lowest BCUT2D eigenvalue weighted by Crippen LogP contribution is -2.28. The van der Waals surface area contributed by atoms with Gasteiger partial charge in [0.2, 0.25) is 0 Å². The molecule has 7 heteroatoms. The number of nitrogens with one attached hydrogen (secondary N) is 1. The fourth-order valence-electron chi connectivity index (χ4n) is 2.60. The second kappa shape index (κ2) is 9.19. The van der Waals surface area contributed by atoms with Crippen molar-refractivity contribution >= 4 is 23.5 Å². The molecule has 3 rings (SSSR count). The zero-order valence-electron chi connectivity index (χ0n) is 15.3. The highest BCUT2D eigenvalue weighted by Crippen LogP contribution is 2.23. The molecule has 3 aromatic rings. The summed E-state index contributed by atoms with van der Waals surface area (Å²) < 4.78 is 10.8. The summed E-state index contributed by atoms with van der Waals surface area (Å²) in [5, 5.41) is 3.31. The summed E-state index contributed by atoms with van der Waals surface area (Å²) in [7, 11) is 0. The molecule has 0 saturated carbocycles. The predicted molar refractivity (Wildman–Crippen MR) is 105 cm³/mol. The van der Waals surface area contributed by atoms with Gasteiger partial charge in [0.1, 0.15) is 11.5 Å². The minimum absolute atomic E-state index is 0.194. The van der Waals surface area contributed by atoms with Crippen LogP contribution in [0.4, 0.5) is 0 Å². The quantitative estimate of drug-likeness (QED) is 0.607. The molecule has 144 valence electrons. The predicted octanol–water partition coefficient (Wildman–Crippen LogP) is 4.03. The Hall–Kier alpha value is -3.12. The third-order valence-corrected chi connectivity index (χ3v) is 4.34. The first-order chi connectivity index (χ1) is 13.6. The number of aryl methyl sites for hydroxylation is 1. The van der Waals surface area contributed by atoms with Gasteiger partial charge in [-0.25, -0.2) is 4.79 Å². The number of carbonyl (C=O) groups is 2. The second-order valence-corrected chi connectivity index (χ2v) is 6.45. The maximum absolute atomic E-state index is 12.1. The Bertz CT molecular complexity index is 967. The smallest absolute Gasteiger partial charge is 0.339 e. The number of carbonyl (C=O) groups excluding carboxylic acids is 2. The number of hydrogen-bond donors (Lipinski definition) is 1. The van der Waals surface area contributed by atoms with Gasteiger partial charge in [-0.1, -0.05) is 18.5 Å². The molecule has 1 amide bonds. The van der Waals surface area contributed by atoms with Gasteiger partial charge in [-0.3, -0.25) is 9.78 Å². The third-order valence-electron chi connectivity index (χ3n) is 4.09. The molecule has 0 saturated heterocycles. The normalized spacial score (nSPS) is 10.5. The fourth-order valence-corrected chi connectivity index (χ4v) is 2.72. The van der Waals surface area contributed by atoms with Crippen molar-refractivity contribution in [1.82, 2.24) is 10.3 Å². The maximum Gasteiger partial charge on any atom is 0.339 e. The van der Waals surface area contributed by atoms with Crippen LogP contribution in [0.5, 0.6) is 0 Å². The highest BCUT2D eigenvalue weighted by molar-refractivity contribution is 6.30. The van der Waals surface area contributed by atoms with E-state index in [2.05, 4.69) is 10.3 Å². The van der Waals surface area contributed by atoms with Crippen LogP contribution in [0, 0.1) is 0 Å². The highest BCUT2D eigenvalue weighted by atomic mass is 35.5. The lowest BCUT2D eigenvalue weighted by molar-refractivity contribution is -0.124. The summed E-state index contributed by atoms with van der Waals surface area (Å²) in [6, 6.07) is 12.4. The number of furan rings is 1. The van der Waals surface area contributed by atoms with E-state index < -0.39 is 11.9 Å². The molecule has 1 N–H and O–H groups in total. The Morgan fingerprint density at radius 2 is 1.93 bits per heavy atom. The standard InChI is InChI=1S/C21H19ClN2O4/c1-2-14-11-23-10-9-18(14)21(26)27-13-20(25)24-12-17-7-8-19(28-17)15-3-5-16(22)6-4-15/h3-11H,2,12-13H2,1H3,(H,24,25). The zero-order chi connectivity index (χ0) is 19.9. The van der Waals surface area contributed by atoms with Gasteiger partial charge in [-0.05, 0) is 54.4 Å². The van der Waals surface area contributed by atoms with E-state index in [1.807, 2.05) is 25.1 Å². The minimum Gasteiger partial charge on any atom is -0.459 e. The molecule has 0 radical (unpaired) electrons. The summed E-state index contributed by atoms with van der Waals surface area (Å²) in [5.74, 6) is 0.312. The van der Waals surface area contributed by atoms with Crippen LogP contribution in [0.25, 0.3) is 11.3 Å². The van der Waals surface area contributed by atoms with E-state index in [1.165, 1.54) is 6.20 Å². The fraction of sp³-hybridized carbons (Fsp3) is 0.190. The number of nitrogens with zero attached hydrogens (tertiary/aromatic N) is 1. The summed E-state index contributed by atoms with van der Waals surface area (Å²) in [6.45, 7) is 1.75. The van der Waals surface area contributed by atoms with Gasteiger partial charge >= 0.3 is 5.97 Å². The Kier molecular flexibility index (Phi) is 6.45. The molecule has 0 aliphatic heterocycles. The molecule has 0 bridgehead atoms. The molecule has 28 heavy (non-hydrogen) atoms. The van der Waals surface area contributed by atoms with Crippen LogP contribution >= 0.6 is 11.6 Å². The van der Waals surface area contributed by atoms with Crippen molar-refractivity contribution < 1.29 is 18.7 Å². The second-order valence-electron chi connectivity index (χ2n) is 6.01. The van der Waals surface area contributed by atoms with E-state index in [-0.39, 0.29) is 13.2 Å². The largest absolute Gasteiger partial charge is 0.459 e. The highest BCUT2D eigenvalue weighted by Gasteiger charge is 2.14. The number of amides is 1. The van der Waals surface area contributed by atoms with Crippen LogP contribution in [0.1, 0.15) is 28.6 Å². The zero-order valence-corrected chi connectivity index (χ0v) is 16.0. The SMILES string of the molecule is CCc1cnccc1C(=O)OCC(=O)NCc1ccc(-c2ccc(Cl)cc2)o1. The van der Waals surface area contributed by atoms with E-state index in [9.17, 15) is 9.59 Å². The van der Waals surface area contributed by atoms with Gasteiger partial charge in [0.15, 0.2) is 6.61 Å². The average molecular weight is 399 g/mol. The first kappa shape index (κ1) is 19.6. The van der Waals surface area contributed by atoms with E-state index in [0.29, 0.717) is 28.5 Å². The van der Waals surface area contributed by atoms with Gasteiger partial charge in [0.05, 0.1) is 12.1 Å². The van der Waals surface area contributed by atoms with Crippen molar-refractivity contribution in [3.8, 4) is 11.3 Å². The summed E-state index contributed by atoms with van der Waals surface area (Å²) in [6.07, 6.45) is 3.79. The van der Waals surface area contributed by atoms with Gasteiger partial charge < -0.3 is 14.5 Å². The first-order valence-electron chi connectivity index (χ1n) is 8.78. The molecule has 0 aliphatic rings. The average Bonchev–Trinajstić information content (AvgIpc) is 3.20. The molecular weight excluding hydrogens is 380 g/mol. The Labute approximate surface area is 167 Å². The summed E-state index contributed by atoms with van der Waals surface area (Å²) >= 11 is 5.88. The van der Waals surface area contributed by atoms with Crippen molar-refractivity contribution in [2.45, 2.75) is 19.9 Å². The van der Waals surface area contributed by atoms with Crippen LogP contribution in [0.2, 0.25) is 5.02 Å². The number of benzene rings is 1. The molecule has 0 fully saturated rings. The van der Waals surface area contributed by atoms with E-state index >= 15 is 0 Å².